The Morgan fingerprint density at radius 3 is 2.41 bits per heavy atom. The Kier molecular flexibility index (Phi) is 7.47. The van der Waals surface area contributed by atoms with Crippen molar-refractivity contribution in [3.63, 3.8) is 0 Å². The molecule has 1 amide bonds. The lowest BCUT2D eigenvalue weighted by Gasteiger charge is -2.08. The third-order valence-corrected chi connectivity index (χ3v) is 4.40. The van der Waals surface area contributed by atoms with Crippen LogP contribution in [0.3, 0.4) is 0 Å². The minimum absolute atomic E-state index is 0.201. The molecule has 0 spiro atoms. The lowest BCUT2D eigenvalue weighted by molar-refractivity contribution is -0.111. The highest BCUT2D eigenvalue weighted by Crippen LogP contribution is 2.19. The van der Waals surface area contributed by atoms with Crippen LogP contribution < -0.4 is 14.8 Å². The van der Waals surface area contributed by atoms with Gasteiger partial charge in [-0.15, -0.1) is 0 Å². The second-order valence-corrected chi connectivity index (χ2v) is 6.53. The van der Waals surface area contributed by atoms with Gasteiger partial charge in [-0.1, -0.05) is 48.5 Å². The lowest BCUT2D eigenvalue weighted by Crippen LogP contribution is -2.07. The van der Waals surface area contributed by atoms with Crippen molar-refractivity contribution in [3.05, 3.63) is 96.1 Å². The number of methoxy groups -OCH3 is 1. The predicted molar refractivity (Wildman–Crippen MR) is 117 cm³/mol. The van der Waals surface area contributed by atoms with Gasteiger partial charge >= 0.3 is 0 Å². The summed E-state index contributed by atoms with van der Waals surface area (Å²) >= 11 is 0. The fraction of sp³-hybridized carbons (Fsp3) is 0.160. The summed E-state index contributed by atoms with van der Waals surface area (Å²) in [6, 6.07) is 25.3. The Morgan fingerprint density at radius 2 is 1.66 bits per heavy atom. The van der Waals surface area contributed by atoms with Crippen molar-refractivity contribution in [3.8, 4) is 11.5 Å². The van der Waals surface area contributed by atoms with Crippen LogP contribution in [0.5, 0.6) is 11.5 Å². The van der Waals surface area contributed by atoms with Gasteiger partial charge in [-0.25, -0.2) is 0 Å². The zero-order chi connectivity index (χ0) is 20.3. The molecule has 0 radical (unpaired) electrons. The van der Waals surface area contributed by atoms with E-state index in [0.717, 1.165) is 35.6 Å². The fourth-order valence-electron chi connectivity index (χ4n) is 2.90. The van der Waals surface area contributed by atoms with Crippen molar-refractivity contribution in [1.29, 1.82) is 0 Å². The van der Waals surface area contributed by atoms with Crippen LogP contribution in [0.15, 0.2) is 84.9 Å². The number of ether oxygens (including phenoxy) is 2. The molecule has 0 heterocycles. The molecule has 0 unspecified atom stereocenters. The standard InChI is InChI=1S/C25H25NO3/c1-28-24-12-6-5-11-21(24)13-18-25(27)26-22-14-16-23(17-15-22)29-19-7-10-20-8-3-2-4-9-20/h2-6,8-9,11-18H,7,10,19H2,1H3,(H,26,27)/b18-13+. The molecule has 0 aliphatic carbocycles. The maximum Gasteiger partial charge on any atom is 0.248 e. The SMILES string of the molecule is COc1ccccc1/C=C/C(=O)Nc1ccc(OCCCc2ccccc2)cc1. The molecule has 0 bridgehead atoms. The van der Waals surface area contributed by atoms with Crippen molar-refractivity contribution in [2.45, 2.75) is 12.8 Å². The summed E-state index contributed by atoms with van der Waals surface area (Å²) in [7, 11) is 1.61. The molecule has 3 aromatic carbocycles. The van der Waals surface area contributed by atoms with E-state index in [-0.39, 0.29) is 5.91 Å². The number of rotatable bonds is 9. The number of anilines is 1. The minimum atomic E-state index is -0.201. The van der Waals surface area contributed by atoms with Gasteiger partial charge in [0.1, 0.15) is 11.5 Å². The average Bonchev–Trinajstić information content (AvgIpc) is 2.77. The largest absolute Gasteiger partial charge is 0.496 e. The number of hydrogen-bond donors (Lipinski definition) is 1. The first kappa shape index (κ1) is 20.2. The molecule has 4 nitrogen and oxygen atoms in total. The molecular formula is C25H25NO3. The maximum absolute atomic E-state index is 12.1. The molecule has 29 heavy (non-hydrogen) atoms. The van der Waals surface area contributed by atoms with Gasteiger partial charge in [-0.3, -0.25) is 4.79 Å². The van der Waals surface area contributed by atoms with E-state index < -0.39 is 0 Å². The topological polar surface area (TPSA) is 47.6 Å². The highest BCUT2D eigenvalue weighted by Gasteiger charge is 2.02. The van der Waals surface area contributed by atoms with Crippen LogP contribution >= 0.6 is 0 Å². The number of benzene rings is 3. The summed E-state index contributed by atoms with van der Waals surface area (Å²) in [5.41, 5.74) is 2.89. The van der Waals surface area contributed by atoms with E-state index in [1.807, 2.05) is 54.6 Å². The Labute approximate surface area is 171 Å². The summed E-state index contributed by atoms with van der Waals surface area (Å²) < 4.78 is 11.1. The maximum atomic E-state index is 12.1. The van der Waals surface area contributed by atoms with E-state index in [4.69, 9.17) is 9.47 Å². The molecule has 0 aliphatic heterocycles. The molecule has 148 valence electrons. The number of nitrogens with one attached hydrogen (secondary N) is 1. The Bertz CT molecular complexity index is 934. The highest BCUT2D eigenvalue weighted by molar-refractivity contribution is 6.02. The highest BCUT2D eigenvalue weighted by atomic mass is 16.5. The summed E-state index contributed by atoms with van der Waals surface area (Å²) in [5.74, 6) is 1.32. The van der Waals surface area contributed by atoms with Crippen LogP contribution in [-0.4, -0.2) is 19.6 Å². The molecule has 3 aromatic rings. The second kappa shape index (κ2) is 10.7. The zero-order valence-corrected chi connectivity index (χ0v) is 16.5. The summed E-state index contributed by atoms with van der Waals surface area (Å²) in [6.45, 7) is 0.655. The van der Waals surface area contributed by atoms with E-state index >= 15 is 0 Å². The molecule has 4 heteroatoms. The summed E-state index contributed by atoms with van der Waals surface area (Å²) in [5, 5.41) is 2.84. The normalized spacial score (nSPS) is 10.7. The monoisotopic (exact) mass is 387 g/mol. The lowest BCUT2D eigenvalue weighted by atomic mass is 10.1. The van der Waals surface area contributed by atoms with Gasteiger partial charge in [-0.2, -0.15) is 0 Å². The van der Waals surface area contributed by atoms with Crippen LogP contribution in [0.25, 0.3) is 6.08 Å². The second-order valence-electron chi connectivity index (χ2n) is 6.53. The Hall–Kier alpha value is -3.53. The third-order valence-electron chi connectivity index (χ3n) is 4.40. The van der Waals surface area contributed by atoms with Gasteiger partial charge in [0.15, 0.2) is 0 Å². The van der Waals surface area contributed by atoms with Gasteiger partial charge < -0.3 is 14.8 Å². The molecule has 0 fully saturated rings. The van der Waals surface area contributed by atoms with Gasteiger partial charge in [0.05, 0.1) is 13.7 Å². The van der Waals surface area contributed by atoms with Crippen LogP contribution in [0.1, 0.15) is 17.5 Å². The zero-order valence-electron chi connectivity index (χ0n) is 16.5. The molecule has 0 atom stereocenters. The Balaban J connectivity index is 1.44. The smallest absolute Gasteiger partial charge is 0.248 e. The molecule has 0 saturated carbocycles. The summed E-state index contributed by atoms with van der Waals surface area (Å²) in [6.07, 6.45) is 5.17. The van der Waals surface area contributed by atoms with Crippen LogP contribution in [0, 0.1) is 0 Å². The van der Waals surface area contributed by atoms with Crippen molar-refractivity contribution in [2.75, 3.05) is 19.0 Å². The van der Waals surface area contributed by atoms with E-state index in [1.54, 1.807) is 13.2 Å². The Morgan fingerprint density at radius 1 is 0.931 bits per heavy atom. The minimum Gasteiger partial charge on any atom is -0.496 e. The predicted octanol–water partition coefficient (Wildman–Crippen LogP) is 5.36. The number of para-hydroxylation sites is 1. The van der Waals surface area contributed by atoms with Gasteiger partial charge in [0, 0.05) is 17.3 Å². The van der Waals surface area contributed by atoms with E-state index in [1.165, 1.54) is 11.6 Å². The van der Waals surface area contributed by atoms with E-state index in [2.05, 4.69) is 29.6 Å². The molecule has 1 N–H and O–H groups in total. The van der Waals surface area contributed by atoms with Crippen LogP contribution in [0.4, 0.5) is 5.69 Å². The van der Waals surface area contributed by atoms with E-state index in [9.17, 15) is 4.79 Å². The van der Waals surface area contributed by atoms with Crippen LogP contribution in [-0.2, 0) is 11.2 Å². The number of aryl methyl sites for hydroxylation is 1. The van der Waals surface area contributed by atoms with Gasteiger partial charge in [0.25, 0.3) is 0 Å². The van der Waals surface area contributed by atoms with Gasteiger partial charge in [0.2, 0.25) is 5.91 Å². The van der Waals surface area contributed by atoms with E-state index in [0.29, 0.717) is 6.61 Å². The summed E-state index contributed by atoms with van der Waals surface area (Å²) in [4.78, 5) is 12.1. The van der Waals surface area contributed by atoms with Crippen molar-refractivity contribution in [1.82, 2.24) is 0 Å². The molecule has 0 aromatic heterocycles. The fourth-order valence-corrected chi connectivity index (χ4v) is 2.90. The first-order valence-electron chi connectivity index (χ1n) is 9.63. The van der Waals surface area contributed by atoms with Crippen molar-refractivity contribution < 1.29 is 14.3 Å². The average molecular weight is 387 g/mol. The third kappa shape index (κ3) is 6.54. The number of carbonyl (C=O) groups is 1. The quantitative estimate of drug-likeness (QED) is 0.397. The molecule has 3 rings (SSSR count). The van der Waals surface area contributed by atoms with Crippen LogP contribution in [0.2, 0.25) is 0 Å². The first-order valence-corrected chi connectivity index (χ1v) is 9.63. The number of amides is 1. The van der Waals surface area contributed by atoms with Crippen molar-refractivity contribution >= 4 is 17.7 Å². The number of hydrogen-bond acceptors (Lipinski definition) is 3. The van der Waals surface area contributed by atoms with Crippen molar-refractivity contribution in [2.24, 2.45) is 0 Å². The molecule has 0 saturated heterocycles. The molecular weight excluding hydrogens is 362 g/mol. The number of carbonyl (C=O) groups excluding carboxylic acids is 1. The van der Waals surface area contributed by atoms with Gasteiger partial charge in [-0.05, 0) is 54.8 Å². The molecule has 0 aliphatic rings. The first-order chi connectivity index (χ1) is 14.2.